The molecular formula is C19H24N2O3. The fourth-order valence-corrected chi connectivity index (χ4v) is 3.34. The summed E-state index contributed by atoms with van der Waals surface area (Å²) in [6.07, 6.45) is 0.338. The van der Waals surface area contributed by atoms with E-state index >= 15 is 0 Å². The van der Waals surface area contributed by atoms with Crippen molar-refractivity contribution in [3.63, 3.8) is 0 Å². The van der Waals surface area contributed by atoms with Crippen molar-refractivity contribution < 1.29 is 14.3 Å². The maximum atomic E-state index is 12.3. The average molecular weight is 328 g/mol. The van der Waals surface area contributed by atoms with Gasteiger partial charge < -0.3 is 14.8 Å². The van der Waals surface area contributed by atoms with Crippen LogP contribution in [0.1, 0.15) is 33.9 Å². The van der Waals surface area contributed by atoms with Gasteiger partial charge in [-0.1, -0.05) is 30.3 Å². The van der Waals surface area contributed by atoms with Gasteiger partial charge in [0.1, 0.15) is 11.5 Å². The topological polar surface area (TPSA) is 65.7 Å². The molecule has 1 aliphatic heterocycles. The van der Waals surface area contributed by atoms with E-state index in [1.54, 1.807) is 13.0 Å². The Morgan fingerprint density at radius 1 is 1.33 bits per heavy atom. The third-order valence-corrected chi connectivity index (χ3v) is 4.52. The highest BCUT2D eigenvalue weighted by molar-refractivity contribution is 5.95. The Morgan fingerprint density at radius 3 is 2.75 bits per heavy atom. The third kappa shape index (κ3) is 3.86. The number of amides is 1. The summed E-state index contributed by atoms with van der Waals surface area (Å²) in [4.78, 5) is 14.6. The first-order valence-electron chi connectivity index (χ1n) is 8.34. The number of furan rings is 1. The molecule has 5 nitrogen and oxygen atoms in total. The molecule has 1 aromatic heterocycles. The first kappa shape index (κ1) is 16.7. The molecule has 0 saturated carbocycles. The summed E-state index contributed by atoms with van der Waals surface area (Å²) >= 11 is 0. The number of aryl methyl sites for hydroxylation is 2. The van der Waals surface area contributed by atoms with Crippen LogP contribution in [-0.4, -0.2) is 41.1 Å². The molecule has 1 amide bonds. The van der Waals surface area contributed by atoms with Crippen molar-refractivity contribution >= 4 is 5.91 Å². The lowest BCUT2D eigenvalue weighted by molar-refractivity contribution is 0.0938. The number of aliphatic hydroxyl groups is 1. The fourth-order valence-electron chi connectivity index (χ4n) is 3.34. The number of hydrogen-bond donors (Lipinski definition) is 2. The maximum absolute atomic E-state index is 12.3. The number of benzene rings is 1. The van der Waals surface area contributed by atoms with Gasteiger partial charge in [0.25, 0.3) is 5.91 Å². The largest absolute Gasteiger partial charge is 0.466 e. The molecule has 2 unspecified atom stereocenters. The summed E-state index contributed by atoms with van der Waals surface area (Å²) in [5.41, 5.74) is 1.80. The van der Waals surface area contributed by atoms with Crippen LogP contribution in [0, 0.1) is 13.8 Å². The van der Waals surface area contributed by atoms with Gasteiger partial charge in [-0.2, -0.15) is 0 Å². The zero-order valence-corrected chi connectivity index (χ0v) is 14.2. The van der Waals surface area contributed by atoms with E-state index in [0.717, 1.165) is 12.3 Å². The molecule has 2 heterocycles. The van der Waals surface area contributed by atoms with Crippen molar-refractivity contribution in [2.24, 2.45) is 0 Å². The Balaban J connectivity index is 1.60. The molecule has 3 rings (SSSR count). The first-order chi connectivity index (χ1) is 11.5. The first-order valence-corrected chi connectivity index (χ1v) is 8.34. The van der Waals surface area contributed by atoms with E-state index in [1.165, 1.54) is 5.56 Å². The lowest BCUT2D eigenvalue weighted by Crippen LogP contribution is -2.39. The van der Waals surface area contributed by atoms with Crippen LogP contribution in [0.5, 0.6) is 0 Å². The number of likely N-dealkylation sites (tertiary alicyclic amines) is 1. The summed E-state index contributed by atoms with van der Waals surface area (Å²) in [7, 11) is 0. The summed E-state index contributed by atoms with van der Waals surface area (Å²) in [5.74, 6) is 1.25. The molecule has 1 saturated heterocycles. The Labute approximate surface area is 142 Å². The molecule has 0 aliphatic carbocycles. The van der Waals surface area contributed by atoms with Gasteiger partial charge in [0.15, 0.2) is 0 Å². The lowest BCUT2D eigenvalue weighted by atomic mass is 10.1. The van der Waals surface area contributed by atoms with Gasteiger partial charge in [0.2, 0.25) is 0 Å². The average Bonchev–Trinajstić information content (AvgIpc) is 3.07. The van der Waals surface area contributed by atoms with Gasteiger partial charge in [-0.05, 0) is 31.9 Å². The normalized spacial score (nSPS) is 21.1. The number of β-amino-alcohol motifs (C(OH)–C–C–N with tert-alkyl or cyclic N) is 1. The van der Waals surface area contributed by atoms with Gasteiger partial charge in [0, 0.05) is 25.7 Å². The van der Waals surface area contributed by atoms with Crippen LogP contribution in [-0.2, 0) is 6.54 Å². The van der Waals surface area contributed by atoms with Gasteiger partial charge in [-0.25, -0.2) is 0 Å². The van der Waals surface area contributed by atoms with E-state index in [1.807, 2.05) is 25.1 Å². The quantitative estimate of drug-likeness (QED) is 0.884. The number of nitrogens with one attached hydrogen (secondary N) is 1. The van der Waals surface area contributed by atoms with E-state index in [-0.39, 0.29) is 18.1 Å². The summed E-state index contributed by atoms with van der Waals surface area (Å²) in [6.45, 7) is 5.57. The standard InChI is InChI=1S/C19H24N2O3/c1-13-8-18(14(2)24-13)19(23)20-10-16-9-17(22)12-21(16)11-15-6-4-3-5-7-15/h3-8,16-17,22H,9-12H2,1-2H3,(H,20,23). The number of carbonyl (C=O) groups is 1. The Hall–Kier alpha value is -2.11. The smallest absolute Gasteiger partial charge is 0.254 e. The van der Waals surface area contributed by atoms with E-state index in [4.69, 9.17) is 4.42 Å². The van der Waals surface area contributed by atoms with Crippen molar-refractivity contribution in [3.05, 3.63) is 59.0 Å². The maximum Gasteiger partial charge on any atom is 0.254 e. The van der Waals surface area contributed by atoms with Gasteiger partial charge in [0.05, 0.1) is 11.7 Å². The van der Waals surface area contributed by atoms with Crippen LogP contribution >= 0.6 is 0 Å². The molecule has 2 N–H and O–H groups in total. The molecule has 2 aromatic rings. The second-order valence-corrected chi connectivity index (χ2v) is 6.50. The fraction of sp³-hybridized carbons (Fsp3) is 0.421. The van der Waals surface area contributed by atoms with Crippen molar-refractivity contribution in [1.29, 1.82) is 0 Å². The van der Waals surface area contributed by atoms with Crippen LogP contribution in [0.3, 0.4) is 0 Å². The molecular weight excluding hydrogens is 304 g/mol. The minimum absolute atomic E-state index is 0.120. The molecule has 1 aromatic carbocycles. The second kappa shape index (κ2) is 7.20. The number of carbonyl (C=O) groups excluding carboxylic acids is 1. The SMILES string of the molecule is Cc1cc(C(=O)NCC2CC(O)CN2Cc2ccccc2)c(C)o1. The van der Waals surface area contributed by atoms with E-state index in [2.05, 4.69) is 22.3 Å². The van der Waals surface area contributed by atoms with Crippen LogP contribution in [0.2, 0.25) is 0 Å². The van der Waals surface area contributed by atoms with Crippen LogP contribution in [0.4, 0.5) is 0 Å². The Kier molecular flexibility index (Phi) is 5.02. The molecule has 128 valence electrons. The van der Waals surface area contributed by atoms with E-state index in [0.29, 0.717) is 30.8 Å². The van der Waals surface area contributed by atoms with Crippen molar-refractivity contribution in [2.45, 2.75) is 39.0 Å². The van der Waals surface area contributed by atoms with Crippen molar-refractivity contribution in [1.82, 2.24) is 10.2 Å². The Bertz CT molecular complexity index is 696. The van der Waals surface area contributed by atoms with Gasteiger partial charge in [-0.15, -0.1) is 0 Å². The number of nitrogens with zero attached hydrogens (tertiary/aromatic N) is 1. The van der Waals surface area contributed by atoms with Crippen LogP contribution < -0.4 is 5.32 Å². The van der Waals surface area contributed by atoms with Crippen LogP contribution in [0.15, 0.2) is 40.8 Å². The molecule has 0 radical (unpaired) electrons. The second-order valence-electron chi connectivity index (χ2n) is 6.50. The predicted octanol–water partition coefficient (Wildman–Crippen LogP) is 2.26. The highest BCUT2D eigenvalue weighted by atomic mass is 16.3. The number of aliphatic hydroxyl groups excluding tert-OH is 1. The molecule has 1 fully saturated rings. The minimum atomic E-state index is -0.339. The molecule has 1 aliphatic rings. The Morgan fingerprint density at radius 2 is 2.08 bits per heavy atom. The zero-order chi connectivity index (χ0) is 17.1. The highest BCUT2D eigenvalue weighted by Crippen LogP contribution is 2.20. The van der Waals surface area contributed by atoms with Gasteiger partial charge >= 0.3 is 0 Å². The molecule has 5 heteroatoms. The number of hydrogen-bond acceptors (Lipinski definition) is 4. The van der Waals surface area contributed by atoms with Crippen molar-refractivity contribution in [3.8, 4) is 0 Å². The monoisotopic (exact) mass is 328 g/mol. The van der Waals surface area contributed by atoms with Crippen molar-refractivity contribution in [2.75, 3.05) is 13.1 Å². The van der Waals surface area contributed by atoms with Gasteiger partial charge in [-0.3, -0.25) is 9.69 Å². The minimum Gasteiger partial charge on any atom is -0.466 e. The number of rotatable bonds is 5. The summed E-state index contributed by atoms with van der Waals surface area (Å²) in [5, 5.41) is 13.0. The predicted molar refractivity (Wildman–Crippen MR) is 91.8 cm³/mol. The summed E-state index contributed by atoms with van der Waals surface area (Å²) in [6, 6.07) is 12.1. The molecule has 2 atom stereocenters. The molecule has 0 spiro atoms. The zero-order valence-electron chi connectivity index (χ0n) is 14.2. The molecule has 0 bridgehead atoms. The van der Waals surface area contributed by atoms with E-state index in [9.17, 15) is 9.90 Å². The highest BCUT2D eigenvalue weighted by Gasteiger charge is 2.31. The summed E-state index contributed by atoms with van der Waals surface area (Å²) < 4.78 is 5.41. The van der Waals surface area contributed by atoms with E-state index < -0.39 is 0 Å². The third-order valence-electron chi connectivity index (χ3n) is 4.52. The van der Waals surface area contributed by atoms with Crippen LogP contribution in [0.25, 0.3) is 0 Å². The lowest BCUT2D eigenvalue weighted by Gasteiger charge is -2.24. The molecule has 24 heavy (non-hydrogen) atoms.